The first kappa shape index (κ1) is 22.3. The summed E-state index contributed by atoms with van der Waals surface area (Å²) >= 11 is 1.31. The van der Waals surface area contributed by atoms with Crippen LogP contribution in [0.15, 0.2) is 66.2 Å². The third kappa shape index (κ3) is 3.53. The van der Waals surface area contributed by atoms with Gasteiger partial charge < -0.3 is 14.9 Å². The summed E-state index contributed by atoms with van der Waals surface area (Å²) in [5, 5.41) is 21.6. The van der Waals surface area contributed by atoms with Gasteiger partial charge in [-0.1, -0.05) is 29.5 Å². The first-order valence-electron chi connectivity index (χ1n) is 11.6. The Kier molecular flexibility index (Phi) is 5.08. The number of aliphatic hydroxyl groups is 1. The van der Waals surface area contributed by atoms with Crippen molar-refractivity contribution in [3.63, 3.8) is 0 Å². The van der Waals surface area contributed by atoms with Crippen molar-refractivity contribution >= 4 is 44.1 Å². The smallest absolute Gasteiger partial charge is 0.301 e. The summed E-state index contributed by atoms with van der Waals surface area (Å²) in [6, 6.07) is 16.4. The first-order chi connectivity index (χ1) is 17.3. The highest BCUT2D eigenvalue weighted by atomic mass is 32.1. The van der Waals surface area contributed by atoms with Gasteiger partial charge in [-0.2, -0.15) is 0 Å². The lowest BCUT2D eigenvalue weighted by Crippen LogP contribution is -2.29. The molecule has 0 saturated carbocycles. The highest BCUT2D eigenvalue weighted by Gasteiger charge is 2.48. The quantitative estimate of drug-likeness (QED) is 0.227. The monoisotopic (exact) mass is 498 g/mol. The summed E-state index contributed by atoms with van der Waals surface area (Å²) in [5.41, 5.74) is 3.70. The van der Waals surface area contributed by atoms with Crippen LogP contribution >= 0.6 is 11.3 Å². The molecule has 0 spiro atoms. The van der Waals surface area contributed by atoms with E-state index < -0.39 is 17.7 Å². The Morgan fingerprint density at radius 3 is 2.64 bits per heavy atom. The summed E-state index contributed by atoms with van der Waals surface area (Å²) in [4.78, 5) is 32.8. The number of aliphatic hydroxyl groups excluding tert-OH is 1. The Bertz CT molecular complexity index is 1590. The number of nitrogens with zero attached hydrogens (tertiary/aromatic N) is 2. The molecule has 36 heavy (non-hydrogen) atoms. The molecule has 6 rings (SSSR count). The zero-order valence-electron chi connectivity index (χ0n) is 19.6. The second kappa shape index (κ2) is 8.20. The second-order valence-electron chi connectivity index (χ2n) is 9.18. The van der Waals surface area contributed by atoms with E-state index in [-0.39, 0.29) is 23.2 Å². The molecular formula is C28H22N2O5S. The van der Waals surface area contributed by atoms with E-state index in [1.165, 1.54) is 28.4 Å². The number of phenols is 1. The minimum atomic E-state index is -0.907. The van der Waals surface area contributed by atoms with Crippen molar-refractivity contribution < 1.29 is 24.5 Å². The molecule has 1 saturated heterocycles. The van der Waals surface area contributed by atoms with Crippen molar-refractivity contribution in [2.75, 3.05) is 4.90 Å². The molecule has 0 unspecified atom stereocenters. The fraction of sp³-hybridized carbons (Fsp3) is 0.179. The zero-order chi connectivity index (χ0) is 25.1. The van der Waals surface area contributed by atoms with Crippen LogP contribution in [0.25, 0.3) is 16.0 Å². The molecule has 2 aliphatic heterocycles. The van der Waals surface area contributed by atoms with E-state index in [9.17, 15) is 19.8 Å². The maximum Gasteiger partial charge on any atom is 0.301 e. The Balaban J connectivity index is 1.53. The van der Waals surface area contributed by atoms with Gasteiger partial charge in [0.05, 0.1) is 21.8 Å². The van der Waals surface area contributed by atoms with Crippen LogP contribution in [0.5, 0.6) is 11.5 Å². The summed E-state index contributed by atoms with van der Waals surface area (Å²) in [5.74, 6) is -0.999. The summed E-state index contributed by atoms with van der Waals surface area (Å²) in [6.45, 7) is 3.94. The molecule has 7 nitrogen and oxygen atoms in total. The summed E-state index contributed by atoms with van der Waals surface area (Å²) in [7, 11) is 0. The Morgan fingerprint density at radius 1 is 1.08 bits per heavy atom. The van der Waals surface area contributed by atoms with Crippen LogP contribution in [0.4, 0.5) is 5.13 Å². The van der Waals surface area contributed by atoms with Crippen molar-refractivity contribution in [2.24, 2.45) is 0 Å². The molecule has 3 heterocycles. The molecule has 180 valence electrons. The normalized spacial score (nSPS) is 20.7. The van der Waals surface area contributed by atoms with E-state index in [1.54, 1.807) is 30.3 Å². The molecule has 1 aromatic heterocycles. The van der Waals surface area contributed by atoms with E-state index in [2.05, 4.69) is 4.98 Å². The van der Waals surface area contributed by atoms with Gasteiger partial charge in [-0.15, -0.1) is 0 Å². The molecule has 1 amide bonds. The van der Waals surface area contributed by atoms with Crippen molar-refractivity contribution in [2.45, 2.75) is 32.4 Å². The fourth-order valence-corrected chi connectivity index (χ4v) is 5.94. The van der Waals surface area contributed by atoms with Crippen LogP contribution < -0.4 is 9.64 Å². The number of benzene rings is 3. The van der Waals surface area contributed by atoms with Gasteiger partial charge in [0, 0.05) is 12.0 Å². The molecule has 2 N–H and O–H groups in total. The van der Waals surface area contributed by atoms with Crippen molar-refractivity contribution in [1.82, 2.24) is 4.98 Å². The van der Waals surface area contributed by atoms with Crippen LogP contribution in [-0.4, -0.2) is 33.0 Å². The molecule has 4 aromatic rings. The Morgan fingerprint density at radius 2 is 1.86 bits per heavy atom. The largest absolute Gasteiger partial charge is 0.508 e. The van der Waals surface area contributed by atoms with Gasteiger partial charge in [0.15, 0.2) is 5.13 Å². The molecule has 2 aliphatic rings. The standard InChI is InChI=1S/C28H22N2O5S/c1-14-3-9-20-22(11-14)36-28(29-20)30-24(16-4-7-19(31)8-5-16)23(26(33)27(30)34)25(32)17-6-10-21-18(13-17)12-15(2)35-21/h3-11,13,15,24,31-32H,12H2,1-2H3/b25-23+/t15-,24-/m0/s1. The van der Waals surface area contributed by atoms with Crippen LogP contribution in [0.2, 0.25) is 0 Å². The SMILES string of the molecule is Cc1ccc2nc(N3C(=O)C(=O)/C(=C(/O)c4ccc5c(c4)C[C@H](C)O5)[C@@H]3c3ccc(O)cc3)sc2c1. The number of fused-ring (bicyclic) bond motifs is 2. The second-order valence-corrected chi connectivity index (χ2v) is 10.2. The van der Waals surface area contributed by atoms with Crippen molar-refractivity contribution in [1.29, 1.82) is 0 Å². The minimum absolute atomic E-state index is 0.0203. The van der Waals surface area contributed by atoms with Gasteiger partial charge in [0.25, 0.3) is 5.78 Å². The summed E-state index contributed by atoms with van der Waals surface area (Å²) < 4.78 is 6.65. The highest BCUT2D eigenvalue weighted by molar-refractivity contribution is 7.22. The number of carbonyl (C=O) groups is 2. The van der Waals surface area contributed by atoms with Gasteiger partial charge in [-0.05, 0) is 73.0 Å². The molecule has 0 aliphatic carbocycles. The third-order valence-corrected chi connectivity index (χ3v) is 7.58. The van der Waals surface area contributed by atoms with Gasteiger partial charge in [0.1, 0.15) is 23.4 Å². The highest BCUT2D eigenvalue weighted by Crippen LogP contribution is 2.45. The lowest BCUT2D eigenvalue weighted by molar-refractivity contribution is -0.132. The van der Waals surface area contributed by atoms with Crippen LogP contribution in [0.3, 0.4) is 0 Å². The molecule has 2 atom stereocenters. The molecule has 3 aromatic carbocycles. The Labute approximate surface area is 210 Å². The lowest BCUT2D eigenvalue weighted by Gasteiger charge is -2.23. The Hall–Kier alpha value is -4.17. The number of phenolic OH excluding ortho intramolecular Hbond substituents is 1. The van der Waals surface area contributed by atoms with Crippen LogP contribution in [0.1, 0.15) is 35.2 Å². The van der Waals surface area contributed by atoms with E-state index in [0.29, 0.717) is 22.7 Å². The number of aromatic hydroxyl groups is 1. The topological polar surface area (TPSA) is 100.0 Å². The number of Topliss-reactive ketones (excluding diaryl/α,β-unsaturated/α-hetero) is 1. The number of rotatable bonds is 3. The number of aryl methyl sites for hydroxylation is 1. The molecular weight excluding hydrogens is 476 g/mol. The molecule has 0 bridgehead atoms. The van der Waals surface area contributed by atoms with E-state index in [1.807, 2.05) is 32.0 Å². The maximum absolute atomic E-state index is 13.4. The summed E-state index contributed by atoms with van der Waals surface area (Å²) in [6.07, 6.45) is 0.722. The minimum Gasteiger partial charge on any atom is -0.508 e. The van der Waals surface area contributed by atoms with Gasteiger partial charge in [-0.3, -0.25) is 14.5 Å². The van der Waals surface area contributed by atoms with Gasteiger partial charge >= 0.3 is 5.91 Å². The number of anilines is 1. The zero-order valence-corrected chi connectivity index (χ0v) is 20.4. The van der Waals surface area contributed by atoms with Crippen LogP contribution in [-0.2, 0) is 16.0 Å². The number of ketones is 1. The number of carbonyl (C=O) groups excluding carboxylic acids is 2. The molecule has 1 fully saturated rings. The average molecular weight is 499 g/mol. The predicted molar refractivity (Wildman–Crippen MR) is 137 cm³/mol. The molecule has 0 radical (unpaired) electrons. The fourth-order valence-electron chi connectivity index (χ4n) is 4.85. The van der Waals surface area contributed by atoms with E-state index in [0.717, 1.165) is 27.1 Å². The third-order valence-electron chi connectivity index (χ3n) is 6.56. The van der Waals surface area contributed by atoms with Crippen molar-refractivity contribution in [3.8, 4) is 11.5 Å². The first-order valence-corrected chi connectivity index (χ1v) is 12.4. The number of aromatic nitrogens is 1. The number of hydrogen-bond donors (Lipinski definition) is 2. The maximum atomic E-state index is 13.4. The predicted octanol–water partition coefficient (Wildman–Crippen LogP) is 5.26. The lowest BCUT2D eigenvalue weighted by atomic mass is 9.94. The van der Waals surface area contributed by atoms with E-state index >= 15 is 0 Å². The average Bonchev–Trinajstić information content (AvgIpc) is 3.51. The number of amides is 1. The molecule has 8 heteroatoms. The van der Waals surface area contributed by atoms with Gasteiger partial charge in [-0.25, -0.2) is 4.98 Å². The number of hydrogen-bond acceptors (Lipinski definition) is 7. The number of thiazole rings is 1. The number of ether oxygens (including phenoxy) is 1. The van der Waals surface area contributed by atoms with Gasteiger partial charge in [0.2, 0.25) is 0 Å². The van der Waals surface area contributed by atoms with Crippen molar-refractivity contribution in [3.05, 3.63) is 88.5 Å². The van der Waals surface area contributed by atoms with E-state index in [4.69, 9.17) is 4.74 Å². The van der Waals surface area contributed by atoms with Crippen LogP contribution in [0, 0.1) is 6.92 Å².